The number of halogens is 3. The minimum Gasteiger partial charge on any atom is -1.00 e. The van der Waals surface area contributed by atoms with Gasteiger partial charge in [0.1, 0.15) is 17.1 Å². The van der Waals surface area contributed by atoms with Gasteiger partial charge in [-0.2, -0.15) is 0 Å². The zero-order valence-electron chi connectivity index (χ0n) is 28.5. The number of rotatable bonds is 2. The van der Waals surface area contributed by atoms with Crippen LogP contribution < -0.4 is 108 Å². The van der Waals surface area contributed by atoms with E-state index in [1.54, 1.807) is 18.2 Å². The number of hydrogen-bond acceptors (Lipinski definition) is 5. The number of aromatic hydroxyl groups is 1. The molecule has 0 saturated carbocycles. The molecule has 8 aromatic carbocycles. The van der Waals surface area contributed by atoms with Gasteiger partial charge in [0.15, 0.2) is 5.58 Å². The predicted octanol–water partition coefficient (Wildman–Crippen LogP) is 5.26. The first-order valence-corrected chi connectivity index (χ1v) is 15.9. The van der Waals surface area contributed by atoms with Gasteiger partial charge in [-0.3, -0.25) is 4.79 Å². The summed E-state index contributed by atoms with van der Waals surface area (Å²) >= 11 is 12.2. The van der Waals surface area contributed by atoms with Crippen LogP contribution in [0.15, 0.2) is 138 Å². The second-order valence-electron chi connectivity index (χ2n) is 11.2. The van der Waals surface area contributed by atoms with Crippen molar-refractivity contribution in [2.45, 2.75) is 0 Å². The Morgan fingerprint density at radius 1 is 0.588 bits per heavy atom. The molecule has 0 amide bonds. The monoisotopic (exact) mass is 764 g/mol. The van der Waals surface area contributed by atoms with Crippen LogP contribution in [0.2, 0.25) is 10.0 Å². The largest absolute Gasteiger partial charge is 1.00 e. The maximum absolute atomic E-state index is 14.3. The van der Waals surface area contributed by atoms with Crippen LogP contribution in [0.1, 0.15) is 1.43 Å². The Hall–Kier alpha value is -2.39. The SMILES string of the molecule is Clc1cccc2c1oc1c2ccc2ccc3ccccc3c21.O=CO[O-].Oc1c(-c2cccc(Cl)c2F)ccc2ccc3ccccc3c12.[H-].[K+].[K+]. The summed E-state index contributed by atoms with van der Waals surface area (Å²) in [5, 5.41) is 30.5. The van der Waals surface area contributed by atoms with Gasteiger partial charge in [0.05, 0.1) is 10.0 Å². The van der Waals surface area contributed by atoms with E-state index in [9.17, 15) is 9.50 Å². The number of carbonyl (C=O) groups excluding carboxylic acids is 1. The van der Waals surface area contributed by atoms with Crippen molar-refractivity contribution in [1.82, 2.24) is 0 Å². The first-order valence-electron chi connectivity index (χ1n) is 15.1. The molecule has 0 unspecified atom stereocenters. The van der Waals surface area contributed by atoms with Crippen molar-refractivity contribution in [2.24, 2.45) is 0 Å². The van der Waals surface area contributed by atoms with Gasteiger partial charge in [0.25, 0.3) is 6.47 Å². The molecule has 0 radical (unpaired) electrons. The molecule has 9 aromatic rings. The van der Waals surface area contributed by atoms with Crippen molar-refractivity contribution in [3.05, 3.63) is 149 Å². The third kappa shape index (κ3) is 7.81. The summed E-state index contributed by atoms with van der Waals surface area (Å²) in [6, 6.07) is 43.0. The molecule has 0 fully saturated rings. The molecule has 0 bridgehead atoms. The first-order chi connectivity index (χ1) is 23.9. The number of fused-ring (bicyclic) bond motifs is 10. The van der Waals surface area contributed by atoms with E-state index in [0.29, 0.717) is 16.1 Å². The quantitative estimate of drug-likeness (QED) is 0.0855. The van der Waals surface area contributed by atoms with Gasteiger partial charge in [-0.05, 0) is 56.6 Å². The van der Waals surface area contributed by atoms with Gasteiger partial charge in [0.2, 0.25) is 0 Å². The standard InChI is InChI=1S/C20H12ClFO.C20H11ClO.CH2O3.2K.H/c21-17-7-3-6-15(19(17)22)16-11-10-13-9-8-12-4-1-2-5-14(12)18(13)20(16)23;21-17-7-3-6-15-16-11-10-13-9-8-12-4-1-2-5-14(12)18(13)20(16)22-19(15)17;2-1-4-3;;;/h1-11,23H;1-11H;1,3H;;;/q;;;2*+1;-1/p-1. The Morgan fingerprint density at radius 3 is 1.75 bits per heavy atom. The minimum atomic E-state index is -0.524. The molecule has 0 atom stereocenters. The number of furan rings is 1. The van der Waals surface area contributed by atoms with E-state index in [-0.39, 0.29) is 121 Å². The van der Waals surface area contributed by atoms with Crippen LogP contribution in [-0.2, 0) is 9.68 Å². The molecule has 242 valence electrons. The third-order valence-corrected chi connectivity index (χ3v) is 9.08. The van der Waals surface area contributed by atoms with Gasteiger partial charge < -0.3 is 21.1 Å². The van der Waals surface area contributed by atoms with Crippen molar-refractivity contribution in [3.63, 3.8) is 0 Å². The maximum atomic E-state index is 14.3. The molecule has 1 aromatic heterocycles. The van der Waals surface area contributed by atoms with E-state index in [4.69, 9.17) is 37.7 Å². The number of para-hydroxylation sites is 1. The number of phenols is 1. The Bertz CT molecular complexity index is 2700. The molecule has 51 heavy (non-hydrogen) atoms. The molecule has 5 nitrogen and oxygen atoms in total. The van der Waals surface area contributed by atoms with Gasteiger partial charge in [-0.25, -0.2) is 4.39 Å². The van der Waals surface area contributed by atoms with E-state index in [1.807, 2.05) is 54.6 Å². The van der Waals surface area contributed by atoms with E-state index >= 15 is 0 Å². The van der Waals surface area contributed by atoms with Crippen molar-refractivity contribution < 1.29 is 133 Å². The average Bonchev–Trinajstić information content (AvgIpc) is 3.53. The molecule has 0 saturated heterocycles. The van der Waals surface area contributed by atoms with E-state index in [0.717, 1.165) is 48.9 Å². The zero-order chi connectivity index (χ0) is 34.1. The normalized spacial score (nSPS) is 10.6. The molecule has 0 aliphatic carbocycles. The van der Waals surface area contributed by atoms with E-state index < -0.39 is 5.82 Å². The fourth-order valence-corrected chi connectivity index (χ4v) is 6.70. The molecule has 9 rings (SSSR count). The molecule has 0 spiro atoms. The second kappa shape index (κ2) is 17.6. The second-order valence-corrected chi connectivity index (χ2v) is 12.0. The number of phenolic OH excluding ortho intramolecular Hbond substituents is 1. The van der Waals surface area contributed by atoms with Gasteiger partial charge >= 0.3 is 103 Å². The molecular weight excluding hydrogens is 741 g/mol. The number of benzene rings is 8. The molecule has 1 heterocycles. The molecule has 10 heteroatoms. The maximum Gasteiger partial charge on any atom is 1.00 e. The van der Waals surface area contributed by atoms with Crippen LogP contribution in [0.25, 0.3) is 76.2 Å². The fraction of sp³-hybridized carbons (Fsp3) is 0. The smallest absolute Gasteiger partial charge is 1.00 e. The third-order valence-electron chi connectivity index (χ3n) is 8.49. The summed E-state index contributed by atoms with van der Waals surface area (Å²) in [5.74, 6) is -0.454. The number of carbonyl (C=O) groups is 1. The van der Waals surface area contributed by atoms with E-state index in [1.165, 1.54) is 22.2 Å². The Balaban J connectivity index is 0.000000201. The van der Waals surface area contributed by atoms with Crippen LogP contribution in [0.3, 0.4) is 0 Å². The summed E-state index contributed by atoms with van der Waals surface area (Å²) in [4.78, 5) is 11.2. The average molecular weight is 766 g/mol. The minimum absolute atomic E-state index is 0. The summed E-state index contributed by atoms with van der Waals surface area (Å²) in [5.41, 5.74) is 2.41. The van der Waals surface area contributed by atoms with E-state index in [2.05, 4.69) is 59.5 Å². The van der Waals surface area contributed by atoms with Crippen LogP contribution in [0.4, 0.5) is 4.39 Å². The Morgan fingerprint density at radius 2 is 1.08 bits per heavy atom. The summed E-state index contributed by atoms with van der Waals surface area (Å²) < 4.78 is 20.5. The van der Waals surface area contributed by atoms with Gasteiger partial charge in [0, 0.05) is 32.7 Å². The van der Waals surface area contributed by atoms with Crippen LogP contribution in [0, 0.1) is 5.82 Å². The zero-order valence-corrected chi connectivity index (χ0v) is 35.3. The molecular formula is C41H25Cl2FK2O5. The molecule has 0 aliphatic rings. The van der Waals surface area contributed by atoms with Crippen molar-refractivity contribution in [1.29, 1.82) is 0 Å². The fourth-order valence-electron chi connectivity index (χ4n) is 6.32. The van der Waals surface area contributed by atoms with Crippen LogP contribution in [0.5, 0.6) is 5.75 Å². The molecule has 0 aliphatic heterocycles. The van der Waals surface area contributed by atoms with Crippen LogP contribution in [-0.4, -0.2) is 11.6 Å². The summed E-state index contributed by atoms with van der Waals surface area (Å²) in [7, 11) is 0. The Kier molecular flexibility index (Phi) is 13.8. The summed E-state index contributed by atoms with van der Waals surface area (Å²) in [6.45, 7) is -0.181. The van der Waals surface area contributed by atoms with Crippen molar-refractivity contribution in [2.75, 3.05) is 0 Å². The van der Waals surface area contributed by atoms with Gasteiger partial charge in [-0.1, -0.05) is 132 Å². The summed E-state index contributed by atoms with van der Waals surface area (Å²) in [6.07, 6.45) is 0. The Labute approximate surface area is 388 Å². The predicted molar refractivity (Wildman–Crippen MR) is 196 cm³/mol. The first kappa shape index (κ1) is 39.8. The van der Waals surface area contributed by atoms with Crippen molar-refractivity contribution in [3.8, 4) is 16.9 Å². The number of hydrogen-bond donors (Lipinski definition) is 1. The topological polar surface area (TPSA) is 82.7 Å². The molecule has 1 N–H and O–H groups in total. The van der Waals surface area contributed by atoms with Gasteiger partial charge in [-0.15, -0.1) is 0 Å². The van der Waals surface area contributed by atoms with Crippen molar-refractivity contribution >= 4 is 94.7 Å². The van der Waals surface area contributed by atoms with Crippen LogP contribution >= 0.6 is 23.2 Å².